The maximum Gasteiger partial charge on any atom is 0.252 e. The summed E-state index contributed by atoms with van der Waals surface area (Å²) >= 11 is 12.0. The average Bonchev–Trinajstić information content (AvgIpc) is 2.37. The summed E-state index contributed by atoms with van der Waals surface area (Å²) in [4.78, 5) is 14.8. The van der Waals surface area contributed by atoms with Gasteiger partial charge in [0.1, 0.15) is 0 Å². The molecule has 19 heavy (non-hydrogen) atoms. The molecule has 100 valence electrons. The van der Waals surface area contributed by atoms with Crippen LogP contribution in [-0.2, 0) is 6.54 Å². The Bertz CT molecular complexity index is 638. The van der Waals surface area contributed by atoms with Gasteiger partial charge in [-0.2, -0.15) is 0 Å². The molecule has 0 spiro atoms. The van der Waals surface area contributed by atoms with Gasteiger partial charge in [-0.05, 0) is 30.8 Å². The standard InChI is InChI=1S/C14H14Cl2N2O/c1-2-17-8-9-3-6-13(18-14(9)19)11-5-4-10(15)7-12(11)16/h3-7,17H,2,8H2,1H3,(H,18,19). The second-order valence-corrected chi connectivity index (χ2v) is 4.97. The Kier molecular flexibility index (Phi) is 4.64. The Morgan fingerprint density at radius 3 is 2.63 bits per heavy atom. The topological polar surface area (TPSA) is 44.9 Å². The first-order chi connectivity index (χ1) is 9.11. The highest BCUT2D eigenvalue weighted by Gasteiger charge is 2.07. The van der Waals surface area contributed by atoms with E-state index in [2.05, 4.69) is 10.3 Å². The molecule has 2 rings (SSSR count). The lowest BCUT2D eigenvalue weighted by atomic mass is 10.1. The second kappa shape index (κ2) is 6.24. The third-order valence-electron chi connectivity index (χ3n) is 2.78. The van der Waals surface area contributed by atoms with Gasteiger partial charge in [-0.1, -0.05) is 36.2 Å². The summed E-state index contributed by atoms with van der Waals surface area (Å²) in [5.41, 5.74) is 2.05. The van der Waals surface area contributed by atoms with Gasteiger partial charge >= 0.3 is 0 Å². The molecular formula is C14H14Cl2N2O. The number of halogens is 2. The second-order valence-electron chi connectivity index (χ2n) is 4.13. The van der Waals surface area contributed by atoms with Crippen molar-refractivity contribution in [3.63, 3.8) is 0 Å². The molecule has 0 saturated carbocycles. The third-order valence-corrected chi connectivity index (χ3v) is 3.33. The van der Waals surface area contributed by atoms with Gasteiger partial charge in [0.25, 0.3) is 5.56 Å². The molecule has 1 aromatic heterocycles. The minimum Gasteiger partial charge on any atom is -0.322 e. The number of benzene rings is 1. The van der Waals surface area contributed by atoms with Gasteiger partial charge in [-0.25, -0.2) is 0 Å². The minimum atomic E-state index is -0.107. The number of hydrogen-bond donors (Lipinski definition) is 2. The van der Waals surface area contributed by atoms with E-state index in [1.807, 2.05) is 19.1 Å². The largest absolute Gasteiger partial charge is 0.322 e. The quantitative estimate of drug-likeness (QED) is 0.907. The Labute approximate surface area is 121 Å². The van der Waals surface area contributed by atoms with Crippen molar-refractivity contribution in [3.8, 4) is 11.3 Å². The molecule has 5 heteroatoms. The number of pyridine rings is 1. The van der Waals surface area contributed by atoms with Crippen LogP contribution in [0.15, 0.2) is 35.1 Å². The van der Waals surface area contributed by atoms with Gasteiger partial charge in [0.15, 0.2) is 0 Å². The van der Waals surface area contributed by atoms with Crippen molar-refractivity contribution in [3.05, 3.63) is 56.3 Å². The predicted octanol–water partition coefficient (Wildman–Crippen LogP) is 3.46. The van der Waals surface area contributed by atoms with Crippen LogP contribution in [0.3, 0.4) is 0 Å². The molecule has 2 aromatic rings. The van der Waals surface area contributed by atoms with Crippen LogP contribution in [0.25, 0.3) is 11.3 Å². The SMILES string of the molecule is CCNCc1ccc(-c2ccc(Cl)cc2Cl)[nH]c1=O. The maximum absolute atomic E-state index is 11.9. The molecule has 0 aliphatic heterocycles. The number of aromatic amines is 1. The predicted molar refractivity (Wildman–Crippen MR) is 79.9 cm³/mol. The van der Waals surface area contributed by atoms with E-state index in [0.717, 1.165) is 12.1 Å². The Hall–Kier alpha value is -1.29. The first-order valence-corrected chi connectivity index (χ1v) is 6.75. The molecule has 0 aliphatic carbocycles. The fourth-order valence-electron chi connectivity index (χ4n) is 1.77. The zero-order chi connectivity index (χ0) is 13.8. The molecule has 1 aromatic carbocycles. The fraction of sp³-hybridized carbons (Fsp3) is 0.214. The van der Waals surface area contributed by atoms with E-state index in [4.69, 9.17) is 23.2 Å². The zero-order valence-corrected chi connectivity index (χ0v) is 12.0. The van der Waals surface area contributed by atoms with E-state index in [1.165, 1.54) is 0 Å². The van der Waals surface area contributed by atoms with Gasteiger partial charge in [0.05, 0.1) is 5.02 Å². The van der Waals surface area contributed by atoms with E-state index in [9.17, 15) is 4.79 Å². The van der Waals surface area contributed by atoms with Crippen molar-refractivity contribution < 1.29 is 0 Å². The number of rotatable bonds is 4. The van der Waals surface area contributed by atoms with Gasteiger partial charge in [0.2, 0.25) is 0 Å². The highest BCUT2D eigenvalue weighted by Crippen LogP contribution is 2.28. The molecule has 0 aliphatic rings. The molecule has 0 bridgehead atoms. The monoisotopic (exact) mass is 296 g/mol. The molecular weight excluding hydrogens is 283 g/mol. The zero-order valence-electron chi connectivity index (χ0n) is 10.5. The van der Waals surface area contributed by atoms with Gasteiger partial charge in [-0.15, -0.1) is 0 Å². The average molecular weight is 297 g/mol. The van der Waals surface area contributed by atoms with Crippen molar-refractivity contribution in [1.82, 2.24) is 10.3 Å². The summed E-state index contributed by atoms with van der Waals surface area (Å²) in [5, 5.41) is 4.21. The summed E-state index contributed by atoms with van der Waals surface area (Å²) in [6.45, 7) is 3.38. The molecule has 0 unspecified atom stereocenters. The maximum atomic E-state index is 11.9. The van der Waals surface area contributed by atoms with Crippen LogP contribution in [0.5, 0.6) is 0 Å². The van der Waals surface area contributed by atoms with Crippen LogP contribution in [0.4, 0.5) is 0 Å². The van der Waals surface area contributed by atoms with Gasteiger partial charge in [0, 0.05) is 28.4 Å². The van der Waals surface area contributed by atoms with E-state index in [-0.39, 0.29) is 5.56 Å². The molecule has 0 radical (unpaired) electrons. The van der Waals surface area contributed by atoms with Crippen LogP contribution < -0.4 is 10.9 Å². The lowest BCUT2D eigenvalue weighted by molar-refractivity contribution is 0.720. The Morgan fingerprint density at radius 1 is 1.21 bits per heavy atom. The van der Waals surface area contributed by atoms with E-state index >= 15 is 0 Å². The lowest BCUT2D eigenvalue weighted by Crippen LogP contribution is -2.20. The van der Waals surface area contributed by atoms with E-state index < -0.39 is 0 Å². The highest BCUT2D eigenvalue weighted by molar-refractivity contribution is 6.36. The van der Waals surface area contributed by atoms with Gasteiger partial charge in [-0.3, -0.25) is 4.79 Å². The minimum absolute atomic E-state index is 0.107. The molecule has 2 N–H and O–H groups in total. The van der Waals surface area contributed by atoms with E-state index in [1.54, 1.807) is 18.2 Å². The molecule has 0 amide bonds. The summed E-state index contributed by atoms with van der Waals surface area (Å²) < 4.78 is 0. The summed E-state index contributed by atoms with van der Waals surface area (Å²) in [7, 11) is 0. The van der Waals surface area contributed by atoms with Crippen molar-refractivity contribution in [2.24, 2.45) is 0 Å². The number of H-pyrrole nitrogens is 1. The number of aromatic nitrogens is 1. The molecule has 1 heterocycles. The first-order valence-electron chi connectivity index (χ1n) is 6.00. The normalized spacial score (nSPS) is 10.7. The summed E-state index contributed by atoms with van der Waals surface area (Å²) in [5.74, 6) is 0. The summed E-state index contributed by atoms with van der Waals surface area (Å²) in [6, 6.07) is 8.85. The van der Waals surface area contributed by atoms with Crippen molar-refractivity contribution in [2.75, 3.05) is 6.54 Å². The molecule has 0 fully saturated rings. The number of nitrogens with one attached hydrogen (secondary N) is 2. The fourth-order valence-corrected chi connectivity index (χ4v) is 2.28. The highest BCUT2D eigenvalue weighted by atomic mass is 35.5. The lowest BCUT2D eigenvalue weighted by Gasteiger charge is -2.07. The van der Waals surface area contributed by atoms with Gasteiger partial charge < -0.3 is 10.3 Å². The van der Waals surface area contributed by atoms with Crippen molar-refractivity contribution >= 4 is 23.2 Å². The van der Waals surface area contributed by atoms with Crippen LogP contribution >= 0.6 is 23.2 Å². The van der Waals surface area contributed by atoms with Crippen LogP contribution in [0, 0.1) is 0 Å². The Morgan fingerprint density at radius 2 is 2.00 bits per heavy atom. The molecule has 0 atom stereocenters. The molecule has 0 saturated heterocycles. The van der Waals surface area contributed by atoms with Crippen LogP contribution in [-0.4, -0.2) is 11.5 Å². The Balaban J connectivity index is 2.36. The van der Waals surface area contributed by atoms with Crippen LogP contribution in [0.2, 0.25) is 10.0 Å². The van der Waals surface area contributed by atoms with Crippen molar-refractivity contribution in [2.45, 2.75) is 13.5 Å². The van der Waals surface area contributed by atoms with Crippen LogP contribution in [0.1, 0.15) is 12.5 Å². The first kappa shape index (κ1) is 14.1. The third kappa shape index (κ3) is 3.38. The number of hydrogen-bond acceptors (Lipinski definition) is 2. The van der Waals surface area contributed by atoms with E-state index in [0.29, 0.717) is 27.8 Å². The smallest absolute Gasteiger partial charge is 0.252 e. The van der Waals surface area contributed by atoms with Crippen molar-refractivity contribution in [1.29, 1.82) is 0 Å². The molecule has 3 nitrogen and oxygen atoms in total. The summed E-state index contributed by atoms with van der Waals surface area (Å²) in [6.07, 6.45) is 0.